The Balaban J connectivity index is 1.48. The lowest BCUT2D eigenvalue weighted by Crippen LogP contribution is -2.49. The van der Waals surface area contributed by atoms with E-state index in [1.165, 1.54) is 18.2 Å². The van der Waals surface area contributed by atoms with Gasteiger partial charge in [0.05, 0.1) is 24.4 Å². The number of aliphatic hydroxyl groups is 1. The van der Waals surface area contributed by atoms with E-state index in [1.807, 2.05) is 0 Å². The number of hydrogen-bond donors (Lipinski definition) is 2. The maximum Gasteiger partial charge on any atom is 0.250 e. The molecule has 2 aromatic heterocycles. The maximum atomic E-state index is 13.5. The van der Waals surface area contributed by atoms with Crippen molar-refractivity contribution in [3.05, 3.63) is 100.0 Å². The van der Waals surface area contributed by atoms with E-state index in [2.05, 4.69) is 10.3 Å². The summed E-state index contributed by atoms with van der Waals surface area (Å²) in [4.78, 5) is 45.5. The third-order valence-electron chi connectivity index (χ3n) is 6.95. The molecule has 35 heavy (non-hydrogen) atoms. The van der Waals surface area contributed by atoms with Gasteiger partial charge in [-0.3, -0.25) is 19.4 Å². The summed E-state index contributed by atoms with van der Waals surface area (Å²) in [7, 11) is 0. The summed E-state index contributed by atoms with van der Waals surface area (Å²) in [6.45, 7) is 0.0625. The van der Waals surface area contributed by atoms with Crippen molar-refractivity contribution in [3.63, 3.8) is 0 Å². The normalized spacial score (nSPS) is 22.5. The van der Waals surface area contributed by atoms with Gasteiger partial charge >= 0.3 is 0 Å². The average Bonchev–Trinajstić information content (AvgIpc) is 3.11. The molecule has 1 aromatic carbocycles. The number of pyridine rings is 2. The molecule has 1 saturated heterocycles. The summed E-state index contributed by atoms with van der Waals surface area (Å²) < 4.78 is 14.8. The second-order valence-electron chi connectivity index (χ2n) is 8.93. The maximum absolute atomic E-state index is 13.5. The highest BCUT2D eigenvalue weighted by atomic mass is 19.1. The number of halogens is 1. The number of fused-ring (bicyclic) bond motifs is 4. The predicted molar refractivity (Wildman–Crippen MR) is 124 cm³/mol. The van der Waals surface area contributed by atoms with Crippen molar-refractivity contribution in [1.29, 1.82) is 0 Å². The van der Waals surface area contributed by atoms with Crippen molar-refractivity contribution >= 4 is 11.8 Å². The zero-order valence-corrected chi connectivity index (χ0v) is 18.9. The smallest absolute Gasteiger partial charge is 0.250 e. The van der Waals surface area contributed by atoms with Crippen LogP contribution in [0.2, 0.25) is 0 Å². The minimum absolute atomic E-state index is 0.0486. The summed E-state index contributed by atoms with van der Waals surface area (Å²) in [5.41, 5.74) is 1.69. The van der Waals surface area contributed by atoms with Crippen LogP contribution in [0.15, 0.2) is 71.7 Å². The lowest BCUT2D eigenvalue weighted by atomic mass is 9.86. The standard InChI is InChI=1S/C26H25FN4O4/c27-17-9-7-16(8-10-17)13-29-26(35)24-19(15-32)21-14-30-20(5-3-6-22(30)33)25(24)31(21)23(34)12-18-4-1-2-11-28-18/h1-11,19,21,24-25,32H,12-15H2,(H,29,35)/t19-,21-,24+,25+/m1/s1. The van der Waals surface area contributed by atoms with E-state index in [1.54, 1.807) is 58.1 Å². The van der Waals surface area contributed by atoms with Gasteiger partial charge in [0.1, 0.15) is 5.82 Å². The van der Waals surface area contributed by atoms with Crippen molar-refractivity contribution < 1.29 is 19.1 Å². The highest BCUT2D eigenvalue weighted by molar-refractivity contribution is 5.85. The van der Waals surface area contributed by atoms with Gasteiger partial charge in [0.25, 0.3) is 5.56 Å². The molecule has 180 valence electrons. The van der Waals surface area contributed by atoms with Crippen LogP contribution < -0.4 is 10.9 Å². The molecule has 4 heterocycles. The SMILES string of the molecule is O=C(NCc1ccc(F)cc1)[C@H]1[C@H](CO)[C@H]2Cn3c(cccc3=O)[C@@H]1N2C(=O)Cc1ccccn1. The van der Waals surface area contributed by atoms with Gasteiger partial charge in [0, 0.05) is 49.3 Å². The lowest BCUT2D eigenvalue weighted by Gasteiger charge is -2.38. The van der Waals surface area contributed by atoms with Crippen molar-refractivity contribution in [1.82, 2.24) is 19.8 Å². The van der Waals surface area contributed by atoms with Crippen LogP contribution in [0.5, 0.6) is 0 Å². The van der Waals surface area contributed by atoms with Crippen LogP contribution >= 0.6 is 0 Å². The quantitative estimate of drug-likeness (QED) is 0.560. The number of aliphatic hydroxyl groups excluding tert-OH is 1. The van der Waals surface area contributed by atoms with Crippen LogP contribution in [0, 0.1) is 17.7 Å². The molecular formula is C26H25FN4O4. The van der Waals surface area contributed by atoms with Crippen LogP contribution in [-0.4, -0.2) is 44.0 Å². The van der Waals surface area contributed by atoms with Gasteiger partial charge in [-0.2, -0.15) is 0 Å². The van der Waals surface area contributed by atoms with E-state index in [0.29, 0.717) is 11.4 Å². The molecule has 0 saturated carbocycles. The highest BCUT2D eigenvalue weighted by Crippen LogP contribution is 2.48. The number of carbonyl (C=O) groups excluding carboxylic acids is 2. The Morgan fingerprint density at radius 2 is 1.89 bits per heavy atom. The number of hydrogen-bond acceptors (Lipinski definition) is 5. The molecule has 2 amide bonds. The topological polar surface area (TPSA) is 105 Å². The highest BCUT2D eigenvalue weighted by Gasteiger charge is 2.57. The number of nitrogens with one attached hydrogen (secondary N) is 1. The van der Waals surface area contributed by atoms with Crippen molar-refractivity contribution in [2.24, 2.45) is 11.8 Å². The van der Waals surface area contributed by atoms with E-state index < -0.39 is 23.9 Å². The molecular weight excluding hydrogens is 451 g/mol. The Morgan fingerprint density at radius 1 is 1.09 bits per heavy atom. The number of carbonyl (C=O) groups is 2. The Kier molecular flexibility index (Phi) is 6.17. The molecule has 5 rings (SSSR count). The van der Waals surface area contributed by atoms with Gasteiger partial charge in [0.2, 0.25) is 11.8 Å². The molecule has 2 aliphatic rings. The first kappa shape index (κ1) is 22.9. The molecule has 0 aliphatic carbocycles. The van der Waals surface area contributed by atoms with Gasteiger partial charge in [-0.1, -0.05) is 24.3 Å². The fourth-order valence-corrected chi connectivity index (χ4v) is 5.36. The second-order valence-corrected chi connectivity index (χ2v) is 8.93. The van der Waals surface area contributed by atoms with E-state index in [4.69, 9.17) is 0 Å². The fourth-order valence-electron chi connectivity index (χ4n) is 5.36. The number of rotatable bonds is 6. The van der Waals surface area contributed by atoms with Gasteiger partial charge < -0.3 is 19.9 Å². The summed E-state index contributed by atoms with van der Waals surface area (Å²) in [6, 6.07) is 14.8. The minimum atomic E-state index is -0.756. The molecule has 0 radical (unpaired) electrons. The van der Waals surface area contributed by atoms with Crippen LogP contribution in [0.1, 0.15) is 23.0 Å². The molecule has 2 bridgehead atoms. The summed E-state index contributed by atoms with van der Waals surface area (Å²) in [5, 5.41) is 13.2. The predicted octanol–water partition coefficient (Wildman–Crippen LogP) is 1.43. The zero-order chi connectivity index (χ0) is 24.5. The third-order valence-corrected chi connectivity index (χ3v) is 6.95. The Bertz CT molecular complexity index is 1290. The molecule has 3 aromatic rings. The summed E-state index contributed by atoms with van der Waals surface area (Å²) in [5.74, 6) is -2.22. The molecule has 9 heteroatoms. The average molecular weight is 477 g/mol. The van der Waals surface area contributed by atoms with Crippen LogP contribution in [0.4, 0.5) is 4.39 Å². The molecule has 0 spiro atoms. The summed E-state index contributed by atoms with van der Waals surface area (Å²) in [6.07, 6.45) is 1.66. The number of nitrogens with zero attached hydrogens (tertiary/aromatic N) is 3. The second kappa shape index (κ2) is 9.42. The van der Waals surface area contributed by atoms with E-state index in [0.717, 1.165) is 5.56 Å². The molecule has 8 nitrogen and oxygen atoms in total. The Labute approximate surface area is 201 Å². The molecule has 2 aliphatic heterocycles. The first-order valence-corrected chi connectivity index (χ1v) is 11.5. The van der Waals surface area contributed by atoms with E-state index in [-0.39, 0.29) is 49.3 Å². The zero-order valence-electron chi connectivity index (χ0n) is 18.9. The first-order valence-electron chi connectivity index (χ1n) is 11.5. The van der Waals surface area contributed by atoms with E-state index in [9.17, 15) is 23.9 Å². The number of benzene rings is 1. The van der Waals surface area contributed by atoms with Gasteiger partial charge in [-0.25, -0.2) is 4.39 Å². The van der Waals surface area contributed by atoms with Crippen LogP contribution in [0.25, 0.3) is 0 Å². The summed E-state index contributed by atoms with van der Waals surface area (Å²) >= 11 is 0. The first-order chi connectivity index (χ1) is 17.0. The van der Waals surface area contributed by atoms with Crippen molar-refractivity contribution in [2.45, 2.75) is 31.6 Å². The monoisotopic (exact) mass is 476 g/mol. The Morgan fingerprint density at radius 3 is 2.60 bits per heavy atom. The molecule has 1 fully saturated rings. The third kappa shape index (κ3) is 4.23. The van der Waals surface area contributed by atoms with Gasteiger partial charge in [-0.05, 0) is 35.9 Å². The van der Waals surface area contributed by atoms with Gasteiger partial charge in [0.15, 0.2) is 0 Å². The Hall–Kier alpha value is -3.85. The number of aromatic nitrogens is 2. The molecule has 0 unspecified atom stereocenters. The van der Waals surface area contributed by atoms with Gasteiger partial charge in [-0.15, -0.1) is 0 Å². The van der Waals surface area contributed by atoms with Crippen molar-refractivity contribution in [2.75, 3.05) is 6.61 Å². The van der Waals surface area contributed by atoms with Crippen LogP contribution in [0.3, 0.4) is 0 Å². The largest absolute Gasteiger partial charge is 0.396 e. The number of amides is 2. The lowest BCUT2D eigenvalue weighted by molar-refractivity contribution is -0.136. The van der Waals surface area contributed by atoms with E-state index >= 15 is 0 Å². The van der Waals surface area contributed by atoms with Crippen LogP contribution in [-0.2, 0) is 29.1 Å². The minimum Gasteiger partial charge on any atom is -0.396 e. The van der Waals surface area contributed by atoms with Crippen molar-refractivity contribution in [3.8, 4) is 0 Å². The molecule has 2 N–H and O–H groups in total. The molecule has 4 atom stereocenters. The fraction of sp³-hybridized carbons (Fsp3) is 0.308.